The van der Waals surface area contributed by atoms with Crippen molar-refractivity contribution in [3.8, 4) is 16.9 Å². The topological polar surface area (TPSA) is 81.7 Å². The van der Waals surface area contributed by atoms with Gasteiger partial charge < -0.3 is 14.2 Å². The van der Waals surface area contributed by atoms with Gasteiger partial charge in [0, 0.05) is 17.4 Å². The highest BCUT2D eigenvalue weighted by atomic mass is 32.3. The molecule has 32 heavy (non-hydrogen) atoms. The van der Waals surface area contributed by atoms with Crippen LogP contribution in [0.3, 0.4) is 0 Å². The first-order valence-electron chi connectivity index (χ1n) is 9.78. The minimum absolute atomic E-state index is 0.0274. The van der Waals surface area contributed by atoms with Crippen LogP contribution >= 0.6 is 12.6 Å². The minimum Gasteiger partial charge on any atom is -0.449 e. The van der Waals surface area contributed by atoms with Crippen molar-refractivity contribution in [2.45, 2.75) is 24.3 Å². The fourth-order valence-electron chi connectivity index (χ4n) is 3.92. The summed E-state index contributed by atoms with van der Waals surface area (Å²) in [5.74, 6) is -0.255. The average molecular weight is 474 g/mol. The van der Waals surface area contributed by atoms with Crippen molar-refractivity contribution >= 4 is 29.2 Å². The summed E-state index contributed by atoms with van der Waals surface area (Å²) in [6, 6.07) is 19.0. The Hall–Kier alpha value is -3.04. The van der Waals surface area contributed by atoms with Crippen LogP contribution in [0, 0.1) is 6.92 Å². The summed E-state index contributed by atoms with van der Waals surface area (Å²) in [6.07, 6.45) is -0.628. The lowest BCUT2D eigenvalue weighted by molar-refractivity contribution is 0.142. The molecule has 1 N–H and O–H groups in total. The molecule has 1 amide bonds. The number of rotatable bonds is 6. The molecule has 0 saturated heterocycles. The van der Waals surface area contributed by atoms with E-state index in [4.69, 9.17) is 4.74 Å². The van der Waals surface area contributed by atoms with Gasteiger partial charge in [-0.1, -0.05) is 52.4 Å². The van der Waals surface area contributed by atoms with Gasteiger partial charge in [-0.15, -0.1) is 12.6 Å². The first-order chi connectivity index (χ1) is 15.2. The molecule has 1 aliphatic carbocycles. The van der Waals surface area contributed by atoms with Crippen LogP contribution in [-0.2, 0) is 21.8 Å². The normalized spacial score (nSPS) is 12.7. The molecule has 0 fully saturated rings. The summed E-state index contributed by atoms with van der Waals surface area (Å²) in [5.41, 5.74) is 5.36. The van der Waals surface area contributed by atoms with E-state index in [9.17, 15) is 17.1 Å². The predicted molar refractivity (Wildman–Crippen MR) is 121 cm³/mol. The molecule has 0 aliphatic heterocycles. The number of nitrogens with one attached hydrogen (secondary N) is 1. The monoisotopic (exact) mass is 473 g/mol. The van der Waals surface area contributed by atoms with Crippen LogP contribution < -0.4 is 9.50 Å². The van der Waals surface area contributed by atoms with Gasteiger partial charge in [-0.2, -0.15) is 8.42 Å². The SMILES string of the molecule is Cc1c(CNC(=O)OCC2c3ccccc3-c3ccccc32)cc(S)cc1OS(=O)(=O)F. The number of alkyl carbamates (subject to hydrolysis) is 1. The van der Waals surface area contributed by atoms with Crippen molar-refractivity contribution in [1.29, 1.82) is 0 Å². The number of hydrogen-bond donors (Lipinski definition) is 2. The second-order valence-corrected chi connectivity index (χ2v) is 8.85. The molecule has 0 radical (unpaired) electrons. The zero-order valence-electron chi connectivity index (χ0n) is 17.0. The lowest BCUT2D eigenvalue weighted by Crippen LogP contribution is -2.26. The van der Waals surface area contributed by atoms with Crippen LogP contribution in [0.5, 0.6) is 5.75 Å². The number of ether oxygens (including phenoxy) is 1. The summed E-state index contributed by atoms with van der Waals surface area (Å²) < 4.78 is 44.4. The van der Waals surface area contributed by atoms with Gasteiger partial charge in [-0.25, -0.2) is 4.79 Å². The first kappa shape index (κ1) is 22.2. The highest BCUT2D eigenvalue weighted by molar-refractivity contribution is 7.81. The number of thiol groups is 1. The zero-order valence-corrected chi connectivity index (χ0v) is 18.8. The summed E-state index contributed by atoms with van der Waals surface area (Å²) in [7, 11) is -5.18. The Morgan fingerprint density at radius 3 is 2.25 bits per heavy atom. The van der Waals surface area contributed by atoms with E-state index in [1.54, 1.807) is 13.0 Å². The zero-order chi connectivity index (χ0) is 22.9. The summed E-state index contributed by atoms with van der Waals surface area (Å²) in [6.45, 7) is 1.75. The molecule has 0 spiro atoms. The molecule has 1 aliphatic rings. The Bertz CT molecular complexity index is 1250. The number of fused-ring (bicyclic) bond motifs is 3. The average Bonchev–Trinajstić information content (AvgIpc) is 3.06. The second kappa shape index (κ2) is 8.84. The van der Waals surface area contributed by atoms with E-state index in [1.807, 2.05) is 36.4 Å². The molecule has 3 aromatic carbocycles. The number of carbonyl (C=O) groups excluding carboxylic acids is 1. The second-order valence-electron chi connectivity index (χ2n) is 7.38. The molecular formula is C23H20FNO5S2. The van der Waals surface area contributed by atoms with Gasteiger partial charge >= 0.3 is 16.6 Å². The van der Waals surface area contributed by atoms with Crippen molar-refractivity contribution in [3.63, 3.8) is 0 Å². The van der Waals surface area contributed by atoms with Crippen LogP contribution in [0.2, 0.25) is 0 Å². The molecule has 0 saturated carbocycles. The third kappa shape index (κ3) is 4.73. The molecule has 4 rings (SSSR count). The van der Waals surface area contributed by atoms with Crippen LogP contribution in [0.25, 0.3) is 11.1 Å². The van der Waals surface area contributed by atoms with Crippen molar-refractivity contribution in [2.24, 2.45) is 0 Å². The van der Waals surface area contributed by atoms with E-state index in [1.165, 1.54) is 6.07 Å². The lowest BCUT2D eigenvalue weighted by atomic mass is 9.98. The van der Waals surface area contributed by atoms with E-state index in [2.05, 4.69) is 34.3 Å². The Morgan fingerprint density at radius 2 is 1.66 bits per heavy atom. The van der Waals surface area contributed by atoms with Gasteiger partial charge in [0.25, 0.3) is 0 Å². The molecule has 0 bridgehead atoms. The van der Waals surface area contributed by atoms with Crippen molar-refractivity contribution < 1.29 is 26.0 Å². The largest absolute Gasteiger partial charge is 0.488 e. The van der Waals surface area contributed by atoms with Crippen LogP contribution in [0.1, 0.15) is 28.2 Å². The smallest absolute Gasteiger partial charge is 0.449 e. The van der Waals surface area contributed by atoms with Gasteiger partial charge in [0.05, 0.1) is 0 Å². The Kier molecular flexibility index (Phi) is 6.12. The minimum atomic E-state index is -5.18. The molecule has 0 atom stereocenters. The molecule has 0 heterocycles. The molecule has 0 unspecified atom stereocenters. The van der Waals surface area contributed by atoms with E-state index in [-0.39, 0.29) is 24.8 Å². The van der Waals surface area contributed by atoms with Gasteiger partial charge in [-0.3, -0.25) is 0 Å². The summed E-state index contributed by atoms with van der Waals surface area (Å²) in [4.78, 5) is 12.7. The Balaban J connectivity index is 1.43. The highest BCUT2D eigenvalue weighted by Crippen LogP contribution is 2.44. The maximum atomic E-state index is 12.9. The van der Waals surface area contributed by atoms with E-state index in [0.717, 1.165) is 22.3 Å². The number of benzene rings is 3. The fraction of sp³-hybridized carbons (Fsp3) is 0.174. The van der Waals surface area contributed by atoms with Crippen LogP contribution in [0.15, 0.2) is 65.6 Å². The van der Waals surface area contributed by atoms with Crippen LogP contribution in [-0.4, -0.2) is 21.1 Å². The standard InChI is InChI=1S/C23H20FNO5S2/c1-14-15(10-16(31)11-22(14)30-32(24,27)28)12-25-23(26)29-13-21-19-8-4-2-6-17(19)18-7-3-5-9-20(18)21/h2-11,21,31H,12-13H2,1H3,(H,25,26). The van der Waals surface area contributed by atoms with E-state index >= 15 is 0 Å². The van der Waals surface area contributed by atoms with Crippen LogP contribution in [0.4, 0.5) is 8.68 Å². The third-order valence-electron chi connectivity index (χ3n) is 5.41. The maximum absolute atomic E-state index is 12.9. The quantitative estimate of drug-likeness (QED) is 0.393. The fourth-order valence-corrected chi connectivity index (χ4v) is 4.58. The summed E-state index contributed by atoms with van der Waals surface area (Å²) >= 11 is 4.18. The van der Waals surface area contributed by atoms with Gasteiger partial charge in [-0.05, 0) is 52.4 Å². The summed E-state index contributed by atoms with van der Waals surface area (Å²) in [5, 5.41) is 2.64. The lowest BCUT2D eigenvalue weighted by Gasteiger charge is -2.15. The van der Waals surface area contributed by atoms with Crippen molar-refractivity contribution in [1.82, 2.24) is 5.32 Å². The maximum Gasteiger partial charge on any atom is 0.488 e. The number of halogens is 1. The number of carbonyl (C=O) groups is 1. The van der Waals surface area contributed by atoms with Gasteiger partial charge in [0.15, 0.2) is 0 Å². The molecule has 6 nitrogen and oxygen atoms in total. The Morgan fingerprint density at radius 1 is 1.06 bits per heavy atom. The number of hydrogen-bond acceptors (Lipinski definition) is 6. The Labute approximate surface area is 191 Å². The predicted octanol–water partition coefficient (Wildman–Crippen LogP) is 4.92. The van der Waals surface area contributed by atoms with E-state index < -0.39 is 16.6 Å². The van der Waals surface area contributed by atoms with E-state index in [0.29, 0.717) is 16.0 Å². The van der Waals surface area contributed by atoms with Crippen molar-refractivity contribution in [3.05, 3.63) is 82.9 Å². The first-order valence-corrected chi connectivity index (χ1v) is 11.5. The molecule has 166 valence electrons. The molecular weight excluding hydrogens is 453 g/mol. The molecule has 9 heteroatoms. The van der Waals surface area contributed by atoms with Gasteiger partial charge in [0.2, 0.25) is 0 Å². The molecule has 0 aromatic heterocycles. The number of amides is 1. The highest BCUT2D eigenvalue weighted by Gasteiger charge is 2.29. The van der Waals surface area contributed by atoms with Gasteiger partial charge in [0.1, 0.15) is 12.4 Å². The third-order valence-corrected chi connectivity index (χ3v) is 6.05. The molecule has 3 aromatic rings. The van der Waals surface area contributed by atoms with Crippen molar-refractivity contribution in [2.75, 3.05) is 6.61 Å².